The Hall–Kier alpha value is -2.40. The van der Waals surface area contributed by atoms with E-state index in [1.807, 2.05) is 0 Å². The van der Waals surface area contributed by atoms with E-state index in [9.17, 15) is 0 Å². The lowest BCUT2D eigenvalue weighted by atomic mass is 9.79. The van der Waals surface area contributed by atoms with Gasteiger partial charge >= 0.3 is 0 Å². The van der Waals surface area contributed by atoms with Crippen molar-refractivity contribution in [3.8, 4) is 34.1 Å². The van der Waals surface area contributed by atoms with Crippen LogP contribution < -0.4 is 18.9 Å². The molecule has 5 nitrogen and oxygen atoms in total. The van der Waals surface area contributed by atoms with Gasteiger partial charge in [0.25, 0.3) is 0 Å². The van der Waals surface area contributed by atoms with E-state index in [4.69, 9.17) is 23.7 Å². The van der Waals surface area contributed by atoms with E-state index in [0.29, 0.717) is 6.61 Å². The number of fused-ring (bicyclic) bond motifs is 3. The van der Waals surface area contributed by atoms with Crippen LogP contribution in [0.4, 0.5) is 0 Å². The fourth-order valence-electron chi connectivity index (χ4n) is 4.19. The van der Waals surface area contributed by atoms with E-state index >= 15 is 0 Å². The maximum atomic E-state index is 6.17. The highest BCUT2D eigenvalue weighted by Crippen LogP contribution is 2.54. The Kier molecular flexibility index (Phi) is 3.71. The maximum absolute atomic E-state index is 6.17. The van der Waals surface area contributed by atoms with Gasteiger partial charge in [0.15, 0.2) is 23.0 Å². The summed E-state index contributed by atoms with van der Waals surface area (Å²) in [7, 11) is 1.70. The minimum absolute atomic E-state index is 0.0523. The number of hydrogen-bond donors (Lipinski definition) is 0. The largest absolute Gasteiger partial charge is 0.493 e. The third-order valence-electron chi connectivity index (χ3n) is 5.33. The summed E-state index contributed by atoms with van der Waals surface area (Å²) in [5, 5.41) is 0. The van der Waals surface area contributed by atoms with Gasteiger partial charge in [-0.25, -0.2) is 0 Å². The normalized spacial score (nSPS) is 18.9. The molecule has 1 atom stereocenters. The summed E-state index contributed by atoms with van der Waals surface area (Å²) in [5.41, 5.74) is 5.97. The molecule has 1 aliphatic carbocycles. The van der Waals surface area contributed by atoms with Gasteiger partial charge in [0.1, 0.15) is 0 Å². The van der Waals surface area contributed by atoms with Crippen LogP contribution >= 0.6 is 0 Å². The van der Waals surface area contributed by atoms with E-state index in [0.717, 1.165) is 60.0 Å². The SMILES string of the molecule is CCCOc1c(OC)cc2c3c1-c1cc4c(cc1CC3OCC2)OCO4. The zero-order valence-electron chi connectivity index (χ0n) is 15.1. The smallest absolute Gasteiger partial charge is 0.231 e. The van der Waals surface area contributed by atoms with Crippen LogP contribution in [0.1, 0.15) is 36.1 Å². The van der Waals surface area contributed by atoms with E-state index < -0.39 is 0 Å². The molecule has 0 fully saturated rings. The summed E-state index contributed by atoms with van der Waals surface area (Å²) in [6.07, 6.45) is 2.72. The van der Waals surface area contributed by atoms with E-state index in [2.05, 4.69) is 25.1 Å². The highest BCUT2D eigenvalue weighted by Gasteiger charge is 2.36. The highest BCUT2D eigenvalue weighted by atomic mass is 16.7. The quantitative estimate of drug-likeness (QED) is 0.829. The molecule has 136 valence electrons. The summed E-state index contributed by atoms with van der Waals surface area (Å²) in [5.74, 6) is 3.20. The first-order valence-corrected chi connectivity index (χ1v) is 9.21. The third-order valence-corrected chi connectivity index (χ3v) is 5.33. The van der Waals surface area contributed by atoms with Crippen molar-refractivity contribution in [1.29, 1.82) is 0 Å². The summed E-state index contributed by atoms with van der Waals surface area (Å²) in [6, 6.07) is 6.29. The lowest BCUT2D eigenvalue weighted by Gasteiger charge is -2.35. The summed E-state index contributed by atoms with van der Waals surface area (Å²) >= 11 is 0. The Morgan fingerprint density at radius 3 is 2.77 bits per heavy atom. The molecule has 0 N–H and O–H groups in total. The minimum atomic E-state index is 0.0523. The average Bonchev–Trinajstić information content (AvgIpc) is 3.12. The van der Waals surface area contributed by atoms with Crippen LogP contribution in [0.2, 0.25) is 0 Å². The molecule has 3 aliphatic rings. The van der Waals surface area contributed by atoms with Crippen LogP contribution in [0, 0.1) is 0 Å². The molecule has 1 unspecified atom stereocenters. The Balaban J connectivity index is 1.79. The van der Waals surface area contributed by atoms with Crippen molar-refractivity contribution in [3.05, 3.63) is 34.9 Å². The molecular weight excluding hydrogens is 332 g/mol. The first-order chi connectivity index (χ1) is 12.8. The lowest BCUT2D eigenvalue weighted by molar-refractivity contribution is 0.0416. The van der Waals surface area contributed by atoms with Crippen molar-refractivity contribution in [2.45, 2.75) is 32.3 Å². The standard InChI is InChI=1S/C21H22O5/c1-3-5-24-21-18(22-2)7-12-4-6-23-17-9-13-8-15-16(26-11-25-15)10-14(13)20(21)19(12)17/h7-8,10,17H,3-6,9,11H2,1-2H3. The molecule has 5 rings (SSSR count). The molecule has 0 saturated carbocycles. The zero-order valence-corrected chi connectivity index (χ0v) is 15.1. The second-order valence-electron chi connectivity index (χ2n) is 6.88. The number of rotatable bonds is 4. The van der Waals surface area contributed by atoms with Crippen LogP contribution in [0.25, 0.3) is 11.1 Å². The van der Waals surface area contributed by atoms with Crippen LogP contribution in [-0.2, 0) is 17.6 Å². The molecule has 0 radical (unpaired) electrons. The molecule has 2 aliphatic heterocycles. The Labute approximate surface area is 152 Å². The topological polar surface area (TPSA) is 46.2 Å². The summed E-state index contributed by atoms with van der Waals surface area (Å²) in [4.78, 5) is 0. The van der Waals surface area contributed by atoms with Gasteiger partial charge in [-0.15, -0.1) is 0 Å². The third kappa shape index (κ3) is 2.27. The molecule has 0 amide bonds. The van der Waals surface area contributed by atoms with Gasteiger partial charge in [0.2, 0.25) is 6.79 Å². The molecule has 0 spiro atoms. The molecule has 0 bridgehead atoms. The number of methoxy groups -OCH3 is 1. The highest BCUT2D eigenvalue weighted by molar-refractivity contribution is 5.85. The molecule has 5 heteroatoms. The fraction of sp³-hybridized carbons (Fsp3) is 0.429. The van der Waals surface area contributed by atoms with E-state index in [1.165, 1.54) is 16.7 Å². The zero-order chi connectivity index (χ0) is 17.7. The molecule has 2 aromatic carbocycles. The first-order valence-electron chi connectivity index (χ1n) is 9.21. The predicted molar refractivity (Wildman–Crippen MR) is 96.4 cm³/mol. The number of benzene rings is 2. The van der Waals surface area contributed by atoms with Gasteiger partial charge in [-0.3, -0.25) is 0 Å². The Morgan fingerprint density at radius 1 is 1.12 bits per heavy atom. The van der Waals surface area contributed by atoms with Gasteiger partial charge in [-0.05, 0) is 53.3 Å². The van der Waals surface area contributed by atoms with Crippen molar-refractivity contribution >= 4 is 0 Å². The van der Waals surface area contributed by atoms with Gasteiger partial charge in [0, 0.05) is 12.0 Å². The summed E-state index contributed by atoms with van der Waals surface area (Å²) in [6.45, 7) is 3.75. The Bertz CT molecular complexity index is 873. The van der Waals surface area contributed by atoms with Crippen molar-refractivity contribution in [3.63, 3.8) is 0 Å². The van der Waals surface area contributed by atoms with Gasteiger partial charge in [-0.2, -0.15) is 0 Å². The van der Waals surface area contributed by atoms with E-state index in [1.54, 1.807) is 7.11 Å². The average molecular weight is 354 g/mol. The summed E-state index contributed by atoms with van der Waals surface area (Å²) < 4.78 is 29.2. The van der Waals surface area contributed by atoms with Gasteiger partial charge in [-0.1, -0.05) is 6.92 Å². The molecule has 2 aromatic rings. The number of ether oxygens (including phenoxy) is 5. The fourth-order valence-corrected chi connectivity index (χ4v) is 4.19. The Morgan fingerprint density at radius 2 is 1.96 bits per heavy atom. The van der Waals surface area contributed by atoms with Crippen LogP contribution in [0.15, 0.2) is 18.2 Å². The molecule has 0 aromatic heterocycles. The number of hydrogen-bond acceptors (Lipinski definition) is 5. The molecule has 26 heavy (non-hydrogen) atoms. The van der Waals surface area contributed by atoms with Gasteiger partial charge < -0.3 is 23.7 Å². The monoisotopic (exact) mass is 354 g/mol. The predicted octanol–water partition coefficient (Wildman–Crippen LogP) is 4.05. The minimum Gasteiger partial charge on any atom is -0.493 e. The van der Waals surface area contributed by atoms with Crippen molar-refractivity contribution in [1.82, 2.24) is 0 Å². The molecule has 0 saturated heterocycles. The van der Waals surface area contributed by atoms with E-state index in [-0.39, 0.29) is 12.9 Å². The van der Waals surface area contributed by atoms with Crippen LogP contribution in [0.5, 0.6) is 23.0 Å². The van der Waals surface area contributed by atoms with Crippen LogP contribution in [-0.4, -0.2) is 27.1 Å². The van der Waals surface area contributed by atoms with Crippen LogP contribution in [0.3, 0.4) is 0 Å². The van der Waals surface area contributed by atoms with Crippen molar-refractivity contribution in [2.75, 3.05) is 27.1 Å². The maximum Gasteiger partial charge on any atom is 0.231 e. The first kappa shape index (κ1) is 15.8. The molecule has 2 heterocycles. The second-order valence-corrected chi connectivity index (χ2v) is 6.88. The molecular formula is C21H22O5. The van der Waals surface area contributed by atoms with Gasteiger partial charge in [0.05, 0.1) is 26.4 Å². The van der Waals surface area contributed by atoms with Crippen molar-refractivity contribution < 1.29 is 23.7 Å². The van der Waals surface area contributed by atoms with Crippen molar-refractivity contribution in [2.24, 2.45) is 0 Å². The second kappa shape index (κ2) is 6.09. The lowest BCUT2D eigenvalue weighted by Crippen LogP contribution is -2.23.